The van der Waals surface area contributed by atoms with E-state index in [9.17, 15) is 15.2 Å². The van der Waals surface area contributed by atoms with Gasteiger partial charge < -0.3 is 14.9 Å². The molecule has 1 atom stereocenters. The number of nitriles is 1. The molecule has 34 heavy (non-hydrogen) atoms. The summed E-state index contributed by atoms with van der Waals surface area (Å²) in [5.74, 6) is 0.524. The van der Waals surface area contributed by atoms with E-state index >= 15 is 0 Å². The number of hydrogen-bond acceptors (Lipinski definition) is 6. The fraction of sp³-hybridized carbons (Fsp3) is 0.360. The summed E-state index contributed by atoms with van der Waals surface area (Å²) in [6.07, 6.45) is 0.747. The molecule has 0 spiro atoms. The number of halogens is 2. The summed E-state index contributed by atoms with van der Waals surface area (Å²) in [5.41, 5.74) is 3.13. The van der Waals surface area contributed by atoms with Gasteiger partial charge in [0.2, 0.25) is 5.91 Å². The van der Waals surface area contributed by atoms with Gasteiger partial charge in [-0.1, -0.05) is 49.2 Å². The highest BCUT2D eigenvalue weighted by Crippen LogP contribution is 2.35. The van der Waals surface area contributed by atoms with Gasteiger partial charge in [-0.2, -0.15) is 5.26 Å². The number of fused-ring (bicyclic) bond motifs is 1. The molecule has 9 heteroatoms. The summed E-state index contributed by atoms with van der Waals surface area (Å²) >= 11 is 12.5. The molecule has 1 N–H and O–H groups in total. The SMILES string of the molecule is CC(C)C(=O)N(CCO)[C@H]1CCN(c2nc3cc(Cl)c(Cl)cc3nc2-c2cccc(C#N)c2)C1. The molecule has 7 nitrogen and oxygen atoms in total. The predicted octanol–water partition coefficient (Wildman–Crippen LogP) is 4.53. The van der Waals surface area contributed by atoms with E-state index in [4.69, 9.17) is 33.2 Å². The van der Waals surface area contributed by atoms with Crippen LogP contribution in [0.15, 0.2) is 36.4 Å². The number of rotatable bonds is 6. The van der Waals surface area contributed by atoms with Crippen LogP contribution in [0.2, 0.25) is 10.0 Å². The summed E-state index contributed by atoms with van der Waals surface area (Å²) in [6, 6.07) is 12.7. The van der Waals surface area contributed by atoms with Crippen LogP contribution in [0.25, 0.3) is 22.3 Å². The van der Waals surface area contributed by atoms with Gasteiger partial charge in [-0.25, -0.2) is 9.97 Å². The number of aromatic nitrogens is 2. The molecule has 0 unspecified atom stereocenters. The van der Waals surface area contributed by atoms with E-state index in [-0.39, 0.29) is 24.5 Å². The van der Waals surface area contributed by atoms with Crippen LogP contribution in [0.5, 0.6) is 0 Å². The summed E-state index contributed by atoms with van der Waals surface area (Å²) in [7, 11) is 0. The Balaban J connectivity index is 1.78. The highest BCUT2D eigenvalue weighted by Gasteiger charge is 2.33. The third-order valence-electron chi connectivity index (χ3n) is 5.97. The highest BCUT2D eigenvalue weighted by molar-refractivity contribution is 6.42. The van der Waals surface area contributed by atoms with Gasteiger partial charge in [0.15, 0.2) is 5.82 Å². The van der Waals surface area contributed by atoms with E-state index in [1.165, 1.54) is 0 Å². The van der Waals surface area contributed by atoms with Gasteiger partial charge in [-0.05, 0) is 30.7 Å². The Morgan fingerprint density at radius 1 is 1.24 bits per heavy atom. The van der Waals surface area contributed by atoms with Crippen molar-refractivity contribution < 1.29 is 9.90 Å². The summed E-state index contributed by atoms with van der Waals surface area (Å²) in [5, 5.41) is 19.7. The molecule has 0 bridgehead atoms. The zero-order valence-electron chi connectivity index (χ0n) is 19.0. The quantitative estimate of drug-likeness (QED) is 0.537. The number of hydrogen-bond donors (Lipinski definition) is 1. The molecular formula is C25H25Cl2N5O2. The molecule has 1 aliphatic heterocycles. The average molecular weight is 498 g/mol. The number of aliphatic hydroxyl groups is 1. The first kappa shape index (κ1) is 24.2. The maximum absolute atomic E-state index is 12.8. The van der Waals surface area contributed by atoms with Crippen molar-refractivity contribution in [1.82, 2.24) is 14.9 Å². The lowest BCUT2D eigenvalue weighted by molar-refractivity contribution is -0.137. The fourth-order valence-electron chi connectivity index (χ4n) is 4.29. The first-order chi connectivity index (χ1) is 16.3. The number of anilines is 1. The largest absolute Gasteiger partial charge is 0.395 e. The predicted molar refractivity (Wildman–Crippen MR) is 134 cm³/mol. The molecule has 4 rings (SSSR count). The molecule has 1 fully saturated rings. The smallest absolute Gasteiger partial charge is 0.225 e. The van der Waals surface area contributed by atoms with Crippen molar-refractivity contribution in [1.29, 1.82) is 5.26 Å². The van der Waals surface area contributed by atoms with Gasteiger partial charge in [-0.3, -0.25) is 4.79 Å². The second kappa shape index (κ2) is 10.1. The van der Waals surface area contributed by atoms with Crippen molar-refractivity contribution in [3.05, 3.63) is 52.0 Å². The number of nitrogens with zero attached hydrogens (tertiary/aromatic N) is 5. The topological polar surface area (TPSA) is 93.3 Å². The van der Waals surface area contributed by atoms with Crippen LogP contribution < -0.4 is 4.90 Å². The van der Waals surface area contributed by atoms with Crippen molar-refractivity contribution >= 4 is 46.0 Å². The lowest BCUT2D eigenvalue weighted by Gasteiger charge is -2.30. The Bertz CT molecular complexity index is 1270. The zero-order chi connectivity index (χ0) is 24.4. The number of carbonyl (C=O) groups is 1. The Morgan fingerprint density at radius 2 is 1.94 bits per heavy atom. The molecule has 2 heterocycles. The Kier molecular flexibility index (Phi) is 7.22. The Morgan fingerprint density at radius 3 is 2.59 bits per heavy atom. The lowest BCUT2D eigenvalue weighted by atomic mass is 10.1. The molecule has 0 aliphatic carbocycles. The maximum Gasteiger partial charge on any atom is 0.225 e. The molecular weight excluding hydrogens is 473 g/mol. The first-order valence-corrected chi connectivity index (χ1v) is 11.9. The molecule has 1 saturated heterocycles. The van der Waals surface area contributed by atoms with E-state index in [0.717, 1.165) is 12.0 Å². The van der Waals surface area contributed by atoms with Crippen molar-refractivity contribution in [2.45, 2.75) is 26.3 Å². The van der Waals surface area contributed by atoms with E-state index in [0.29, 0.717) is 57.8 Å². The van der Waals surface area contributed by atoms with Crippen molar-refractivity contribution in [3.63, 3.8) is 0 Å². The fourth-order valence-corrected chi connectivity index (χ4v) is 4.61. The summed E-state index contributed by atoms with van der Waals surface area (Å²) in [4.78, 5) is 26.4. The molecule has 176 valence electrons. The Labute approximate surface area is 208 Å². The average Bonchev–Trinajstić information content (AvgIpc) is 3.32. The molecule has 0 saturated carbocycles. The second-order valence-electron chi connectivity index (χ2n) is 8.64. The third-order valence-corrected chi connectivity index (χ3v) is 6.70. The highest BCUT2D eigenvalue weighted by atomic mass is 35.5. The monoisotopic (exact) mass is 497 g/mol. The van der Waals surface area contributed by atoms with E-state index in [1.807, 2.05) is 26.0 Å². The molecule has 1 aromatic heterocycles. The third kappa shape index (κ3) is 4.80. The standard InChI is InChI=1S/C25H25Cl2N5O2/c1-15(2)25(34)32(8-9-33)18-6-7-31(14-18)24-23(17-5-3-4-16(10-17)13-28)29-21-11-19(26)20(27)12-22(21)30-24/h3-5,10-12,15,18,33H,6-9,14H2,1-2H3/t18-/m0/s1. The molecule has 1 amide bonds. The van der Waals surface area contributed by atoms with Crippen molar-refractivity contribution in [2.24, 2.45) is 5.92 Å². The minimum atomic E-state index is -0.155. The van der Waals surface area contributed by atoms with Crippen LogP contribution >= 0.6 is 23.2 Å². The summed E-state index contributed by atoms with van der Waals surface area (Å²) in [6.45, 7) is 5.17. The molecule has 3 aromatic rings. The molecule has 1 aliphatic rings. The first-order valence-electron chi connectivity index (χ1n) is 11.2. The van der Waals surface area contributed by atoms with Gasteiger partial charge in [0, 0.05) is 31.1 Å². The van der Waals surface area contributed by atoms with Gasteiger partial charge in [-0.15, -0.1) is 0 Å². The van der Waals surface area contributed by atoms with Crippen molar-refractivity contribution in [3.8, 4) is 17.3 Å². The number of aliphatic hydroxyl groups excluding tert-OH is 1. The minimum absolute atomic E-state index is 0.0221. The van der Waals surface area contributed by atoms with E-state index in [2.05, 4.69) is 11.0 Å². The van der Waals surface area contributed by atoms with Crippen LogP contribution in [-0.4, -0.2) is 58.2 Å². The van der Waals surface area contributed by atoms with Crippen molar-refractivity contribution in [2.75, 3.05) is 31.1 Å². The van der Waals surface area contributed by atoms with E-state index < -0.39 is 0 Å². The second-order valence-corrected chi connectivity index (χ2v) is 9.46. The molecule has 0 radical (unpaired) electrons. The van der Waals surface area contributed by atoms with Gasteiger partial charge in [0.1, 0.15) is 5.69 Å². The maximum atomic E-state index is 12.8. The van der Waals surface area contributed by atoms with Crippen LogP contribution in [0.1, 0.15) is 25.8 Å². The zero-order valence-corrected chi connectivity index (χ0v) is 20.5. The molecule has 2 aromatic carbocycles. The van der Waals surface area contributed by atoms with Crippen LogP contribution in [-0.2, 0) is 4.79 Å². The Hall–Kier alpha value is -2.92. The summed E-state index contributed by atoms with van der Waals surface area (Å²) < 4.78 is 0. The van der Waals surface area contributed by atoms with E-state index in [1.54, 1.807) is 29.2 Å². The van der Waals surface area contributed by atoms with Gasteiger partial charge in [0.05, 0.1) is 45.4 Å². The number of benzene rings is 2. The van der Waals surface area contributed by atoms with Crippen LogP contribution in [0, 0.1) is 17.2 Å². The number of amides is 1. The van der Waals surface area contributed by atoms with Gasteiger partial charge >= 0.3 is 0 Å². The number of carbonyl (C=O) groups excluding carboxylic acids is 1. The normalized spacial score (nSPS) is 15.7. The van der Waals surface area contributed by atoms with Crippen LogP contribution in [0.3, 0.4) is 0 Å². The van der Waals surface area contributed by atoms with Gasteiger partial charge in [0.25, 0.3) is 0 Å². The lowest BCUT2D eigenvalue weighted by Crippen LogP contribution is -2.45. The van der Waals surface area contributed by atoms with Crippen LogP contribution in [0.4, 0.5) is 5.82 Å². The minimum Gasteiger partial charge on any atom is -0.395 e.